The Bertz CT molecular complexity index is 799. The fraction of sp³-hybridized carbons (Fsp3) is 0.312. The van der Waals surface area contributed by atoms with Crippen molar-refractivity contribution in [3.63, 3.8) is 0 Å². The van der Waals surface area contributed by atoms with Gasteiger partial charge in [0.05, 0.1) is 11.9 Å². The summed E-state index contributed by atoms with van der Waals surface area (Å²) < 4.78 is 28.5. The van der Waals surface area contributed by atoms with Crippen LogP contribution in [0.3, 0.4) is 0 Å². The van der Waals surface area contributed by atoms with E-state index in [9.17, 15) is 18.3 Å². The van der Waals surface area contributed by atoms with E-state index >= 15 is 0 Å². The zero-order valence-electron chi connectivity index (χ0n) is 13.2. The van der Waals surface area contributed by atoms with Gasteiger partial charge in [0.1, 0.15) is 5.82 Å². The minimum Gasteiger partial charge on any atom is -0.481 e. The topological polar surface area (TPSA) is 109 Å². The molecule has 0 saturated heterocycles. The number of carboxylic acid groups (broad SMARTS) is 1. The number of benzene rings is 1. The van der Waals surface area contributed by atoms with Gasteiger partial charge in [-0.25, -0.2) is 8.42 Å². The fourth-order valence-electron chi connectivity index (χ4n) is 2.36. The summed E-state index contributed by atoms with van der Waals surface area (Å²) in [6.45, 7) is 0. The van der Waals surface area contributed by atoms with E-state index in [0.29, 0.717) is 17.1 Å². The molecular formula is C16H20N2O5S. The van der Waals surface area contributed by atoms with E-state index in [0.717, 1.165) is 0 Å². The molecule has 2 aromatic rings. The molecule has 0 saturated carbocycles. The van der Waals surface area contributed by atoms with Crippen LogP contribution in [0.5, 0.6) is 0 Å². The van der Waals surface area contributed by atoms with Crippen molar-refractivity contribution in [1.29, 1.82) is 0 Å². The lowest BCUT2D eigenvalue weighted by molar-refractivity contribution is -0.137. The Morgan fingerprint density at radius 3 is 2.50 bits per heavy atom. The monoisotopic (exact) mass is 352 g/mol. The van der Waals surface area contributed by atoms with Crippen molar-refractivity contribution in [2.75, 3.05) is 4.72 Å². The molecule has 2 rings (SSSR count). The van der Waals surface area contributed by atoms with Crippen molar-refractivity contribution in [2.45, 2.75) is 24.7 Å². The standard InChI is InChI=1S/C16H20N2O5S/c1-18-13(14(19)8-10-16(20)21)7-9-15(18)17-24(22,23)11-12-5-3-2-4-6-12/h2-7,9,14,17,19H,8,10-11H2,1H3,(H,20,21). The highest BCUT2D eigenvalue weighted by Crippen LogP contribution is 2.24. The van der Waals surface area contributed by atoms with E-state index in [1.54, 1.807) is 43.4 Å². The van der Waals surface area contributed by atoms with Crippen LogP contribution in [0.15, 0.2) is 42.5 Å². The molecule has 0 spiro atoms. The van der Waals surface area contributed by atoms with Gasteiger partial charge in [-0.1, -0.05) is 30.3 Å². The summed E-state index contributed by atoms with van der Waals surface area (Å²) in [4.78, 5) is 10.6. The van der Waals surface area contributed by atoms with Crippen LogP contribution < -0.4 is 4.72 Å². The van der Waals surface area contributed by atoms with Crippen molar-refractivity contribution in [3.05, 3.63) is 53.7 Å². The molecule has 1 unspecified atom stereocenters. The van der Waals surface area contributed by atoms with Crippen LogP contribution in [0.25, 0.3) is 0 Å². The van der Waals surface area contributed by atoms with Crippen molar-refractivity contribution in [3.8, 4) is 0 Å². The number of carboxylic acids is 1. The fourth-order valence-corrected chi connectivity index (χ4v) is 3.59. The smallest absolute Gasteiger partial charge is 0.303 e. The van der Waals surface area contributed by atoms with Crippen LogP contribution in [-0.4, -0.2) is 29.2 Å². The number of carbonyl (C=O) groups is 1. The molecule has 130 valence electrons. The Morgan fingerprint density at radius 2 is 1.88 bits per heavy atom. The van der Waals surface area contributed by atoms with Crippen molar-refractivity contribution in [1.82, 2.24) is 4.57 Å². The van der Waals surface area contributed by atoms with E-state index in [4.69, 9.17) is 5.11 Å². The van der Waals surface area contributed by atoms with Crippen LogP contribution in [0.1, 0.15) is 30.2 Å². The SMILES string of the molecule is Cn1c(NS(=O)(=O)Cc2ccccc2)ccc1C(O)CCC(=O)O. The predicted octanol–water partition coefficient (Wildman–Crippen LogP) is 1.87. The summed E-state index contributed by atoms with van der Waals surface area (Å²) >= 11 is 0. The Kier molecular flexibility index (Phi) is 5.63. The van der Waals surface area contributed by atoms with E-state index < -0.39 is 22.1 Å². The Morgan fingerprint density at radius 1 is 1.21 bits per heavy atom. The highest BCUT2D eigenvalue weighted by molar-refractivity contribution is 7.91. The quantitative estimate of drug-likeness (QED) is 0.672. The van der Waals surface area contributed by atoms with E-state index in [2.05, 4.69) is 4.72 Å². The van der Waals surface area contributed by atoms with E-state index in [1.165, 1.54) is 4.57 Å². The van der Waals surface area contributed by atoms with Gasteiger partial charge in [0, 0.05) is 19.2 Å². The lowest BCUT2D eigenvalue weighted by Gasteiger charge is -2.14. The van der Waals surface area contributed by atoms with Gasteiger partial charge < -0.3 is 14.8 Å². The summed E-state index contributed by atoms with van der Waals surface area (Å²) in [5.74, 6) is -0.835. The van der Waals surface area contributed by atoms with Crippen LogP contribution in [0.2, 0.25) is 0 Å². The third-order valence-electron chi connectivity index (χ3n) is 3.59. The van der Waals surface area contributed by atoms with Gasteiger partial charge >= 0.3 is 5.97 Å². The molecule has 0 aliphatic carbocycles. The largest absolute Gasteiger partial charge is 0.481 e. The first-order chi connectivity index (χ1) is 11.3. The van der Waals surface area contributed by atoms with Gasteiger partial charge in [0.25, 0.3) is 0 Å². The van der Waals surface area contributed by atoms with Crippen LogP contribution in [0, 0.1) is 0 Å². The van der Waals surface area contributed by atoms with E-state index in [1.807, 2.05) is 6.07 Å². The molecule has 0 fully saturated rings. The van der Waals surface area contributed by atoms with Gasteiger partial charge in [-0.15, -0.1) is 0 Å². The molecule has 1 atom stereocenters. The number of nitrogens with zero attached hydrogens (tertiary/aromatic N) is 1. The first-order valence-electron chi connectivity index (χ1n) is 7.38. The molecule has 0 radical (unpaired) electrons. The Hall–Kier alpha value is -2.32. The summed E-state index contributed by atoms with van der Waals surface area (Å²) in [7, 11) is -1.98. The third kappa shape index (κ3) is 4.84. The Labute approximate surface area is 140 Å². The number of hydrogen-bond acceptors (Lipinski definition) is 4. The number of hydrogen-bond donors (Lipinski definition) is 3. The van der Waals surface area contributed by atoms with Gasteiger partial charge in [0.2, 0.25) is 10.0 Å². The highest BCUT2D eigenvalue weighted by Gasteiger charge is 2.18. The molecule has 1 heterocycles. The molecule has 0 bridgehead atoms. The normalized spacial score (nSPS) is 12.8. The second-order valence-corrected chi connectivity index (χ2v) is 7.22. The number of anilines is 1. The molecule has 1 aromatic heterocycles. The number of aliphatic hydroxyl groups excluding tert-OH is 1. The third-order valence-corrected chi connectivity index (χ3v) is 4.83. The maximum atomic E-state index is 12.3. The average Bonchev–Trinajstić information content (AvgIpc) is 2.86. The molecule has 7 nitrogen and oxygen atoms in total. The number of rotatable bonds is 8. The number of sulfonamides is 1. The molecule has 24 heavy (non-hydrogen) atoms. The van der Waals surface area contributed by atoms with Gasteiger partial charge in [-0.05, 0) is 24.1 Å². The molecule has 1 aromatic carbocycles. The molecule has 8 heteroatoms. The van der Waals surface area contributed by atoms with Gasteiger partial charge in [0.15, 0.2) is 0 Å². The second kappa shape index (κ2) is 7.50. The maximum absolute atomic E-state index is 12.3. The van der Waals surface area contributed by atoms with E-state index in [-0.39, 0.29) is 18.6 Å². The van der Waals surface area contributed by atoms with Gasteiger partial charge in [-0.3, -0.25) is 9.52 Å². The minimum atomic E-state index is -3.59. The molecular weight excluding hydrogens is 332 g/mol. The zero-order chi connectivity index (χ0) is 17.7. The first kappa shape index (κ1) is 18.0. The number of aliphatic hydroxyl groups is 1. The number of aliphatic carboxylic acids is 1. The van der Waals surface area contributed by atoms with Gasteiger partial charge in [-0.2, -0.15) is 0 Å². The summed E-state index contributed by atoms with van der Waals surface area (Å²) in [5.41, 5.74) is 1.12. The van der Waals surface area contributed by atoms with Crippen molar-refractivity contribution in [2.24, 2.45) is 7.05 Å². The van der Waals surface area contributed by atoms with Crippen LogP contribution >= 0.6 is 0 Å². The summed E-state index contributed by atoms with van der Waals surface area (Å²) in [6, 6.07) is 11.9. The highest BCUT2D eigenvalue weighted by atomic mass is 32.2. The average molecular weight is 352 g/mol. The minimum absolute atomic E-state index is 0.0589. The van der Waals surface area contributed by atoms with Crippen molar-refractivity contribution < 1.29 is 23.4 Å². The molecule has 0 aliphatic heterocycles. The molecule has 3 N–H and O–H groups in total. The summed E-state index contributed by atoms with van der Waals surface area (Å²) in [6.07, 6.45) is -1.08. The Balaban J connectivity index is 2.09. The maximum Gasteiger partial charge on any atom is 0.303 e. The lowest BCUT2D eigenvalue weighted by atomic mass is 10.1. The number of aromatic nitrogens is 1. The first-order valence-corrected chi connectivity index (χ1v) is 9.03. The summed E-state index contributed by atoms with van der Waals surface area (Å²) in [5, 5.41) is 18.7. The predicted molar refractivity (Wildman–Crippen MR) is 89.9 cm³/mol. The molecule has 0 amide bonds. The van der Waals surface area contributed by atoms with Crippen LogP contribution in [0.4, 0.5) is 5.82 Å². The van der Waals surface area contributed by atoms with Crippen LogP contribution in [-0.2, 0) is 27.6 Å². The number of nitrogens with one attached hydrogen (secondary N) is 1. The lowest BCUT2D eigenvalue weighted by Crippen LogP contribution is -2.17. The van der Waals surface area contributed by atoms with Crippen molar-refractivity contribution >= 4 is 21.8 Å². The zero-order valence-corrected chi connectivity index (χ0v) is 14.0. The molecule has 0 aliphatic rings. The second-order valence-electron chi connectivity index (χ2n) is 5.50.